The van der Waals surface area contributed by atoms with Crippen molar-refractivity contribution in [3.63, 3.8) is 0 Å². The van der Waals surface area contributed by atoms with Crippen molar-refractivity contribution in [3.05, 3.63) is 17.5 Å². The molecule has 2 rings (SSSR count). The highest BCUT2D eigenvalue weighted by Crippen LogP contribution is 2.27. The van der Waals surface area contributed by atoms with E-state index < -0.39 is 5.60 Å². The van der Waals surface area contributed by atoms with Crippen LogP contribution in [0.3, 0.4) is 0 Å². The number of aromatic nitrogens is 2. The lowest BCUT2D eigenvalue weighted by atomic mass is 9.85. The molecule has 18 heavy (non-hydrogen) atoms. The third-order valence-corrected chi connectivity index (χ3v) is 3.83. The second-order valence-electron chi connectivity index (χ2n) is 5.48. The van der Waals surface area contributed by atoms with Crippen LogP contribution in [0.4, 0.5) is 0 Å². The molecule has 102 valence electrons. The van der Waals surface area contributed by atoms with Crippen molar-refractivity contribution in [1.82, 2.24) is 15.1 Å². The fraction of sp³-hybridized carbons (Fsp3) is 0.786. The van der Waals surface area contributed by atoms with Crippen molar-refractivity contribution in [3.8, 4) is 0 Å². The predicted octanol–water partition coefficient (Wildman–Crippen LogP) is 2.00. The quantitative estimate of drug-likeness (QED) is 0.841. The second-order valence-corrected chi connectivity index (χ2v) is 5.48. The van der Waals surface area contributed by atoms with E-state index in [2.05, 4.69) is 23.4 Å². The summed E-state index contributed by atoms with van der Waals surface area (Å²) in [6, 6.07) is 2.11. The predicted molar refractivity (Wildman–Crippen MR) is 72.4 cm³/mol. The molecule has 1 aromatic rings. The maximum atomic E-state index is 10.4. The highest BCUT2D eigenvalue weighted by molar-refractivity contribution is 5.08. The fourth-order valence-electron chi connectivity index (χ4n) is 2.83. The molecule has 0 radical (unpaired) electrons. The molecule has 0 aliphatic heterocycles. The molecule has 1 aliphatic rings. The van der Waals surface area contributed by atoms with Gasteiger partial charge in [-0.15, -0.1) is 0 Å². The highest BCUT2D eigenvalue weighted by atomic mass is 16.3. The number of hydrogen-bond acceptors (Lipinski definition) is 3. The molecule has 1 fully saturated rings. The molecule has 4 heteroatoms. The molecular weight excluding hydrogens is 226 g/mol. The summed E-state index contributed by atoms with van der Waals surface area (Å²) in [4.78, 5) is 0. The van der Waals surface area contributed by atoms with Gasteiger partial charge in [-0.2, -0.15) is 5.10 Å². The molecule has 0 amide bonds. The van der Waals surface area contributed by atoms with Crippen molar-refractivity contribution in [2.24, 2.45) is 0 Å². The van der Waals surface area contributed by atoms with Gasteiger partial charge in [0, 0.05) is 19.6 Å². The minimum atomic E-state index is -0.482. The largest absolute Gasteiger partial charge is 0.389 e. The highest BCUT2D eigenvalue weighted by Gasteiger charge is 2.28. The van der Waals surface area contributed by atoms with Crippen molar-refractivity contribution >= 4 is 0 Å². The molecule has 1 heterocycles. The maximum Gasteiger partial charge on any atom is 0.0771 e. The van der Waals surface area contributed by atoms with E-state index in [1.165, 1.54) is 12.1 Å². The van der Waals surface area contributed by atoms with Crippen molar-refractivity contribution in [2.75, 3.05) is 6.54 Å². The Bertz CT molecular complexity index is 380. The molecule has 0 atom stereocenters. The van der Waals surface area contributed by atoms with Gasteiger partial charge in [-0.1, -0.05) is 19.3 Å². The molecule has 1 saturated carbocycles. The first-order valence-corrected chi connectivity index (χ1v) is 7.09. The Kier molecular flexibility index (Phi) is 4.40. The summed E-state index contributed by atoms with van der Waals surface area (Å²) >= 11 is 0. The number of hydrogen-bond donors (Lipinski definition) is 2. The second kappa shape index (κ2) is 5.85. The average Bonchev–Trinajstić information content (AvgIpc) is 2.70. The van der Waals surface area contributed by atoms with E-state index in [1.807, 2.05) is 11.6 Å². The smallest absolute Gasteiger partial charge is 0.0771 e. The van der Waals surface area contributed by atoms with Gasteiger partial charge in [0.05, 0.1) is 17.0 Å². The van der Waals surface area contributed by atoms with Crippen LogP contribution in [-0.4, -0.2) is 27.0 Å². The maximum absolute atomic E-state index is 10.4. The number of nitrogens with zero attached hydrogens (tertiary/aromatic N) is 2. The third kappa shape index (κ3) is 3.33. The molecule has 2 N–H and O–H groups in total. The van der Waals surface area contributed by atoms with Gasteiger partial charge in [-0.05, 0) is 32.8 Å². The summed E-state index contributed by atoms with van der Waals surface area (Å²) in [5, 5.41) is 18.2. The number of rotatable bonds is 5. The summed E-state index contributed by atoms with van der Waals surface area (Å²) in [5.41, 5.74) is 1.78. The van der Waals surface area contributed by atoms with Crippen molar-refractivity contribution < 1.29 is 5.11 Å². The van der Waals surface area contributed by atoms with Gasteiger partial charge in [0.2, 0.25) is 0 Å². The van der Waals surface area contributed by atoms with Gasteiger partial charge in [0.15, 0.2) is 0 Å². The van der Waals surface area contributed by atoms with Gasteiger partial charge in [-0.25, -0.2) is 0 Å². The molecule has 0 aromatic carbocycles. The van der Waals surface area contributed by atoms with Crippen LogP contribution < -0.4 is 5.32 Å². The monoisotopic (exact) mass is 251 g/mol. The molecular formula is C14H25N3O. The lowest BCUT2D eigenvalue weighted by Crippen LogP contribution is -2.42. The number of aryl methyl sites for hydroxylation is 2. The molecule has 4 nitrogen and oxygen atoms in total. The zero-order valence-corrected chi connectivity index (χ0v) is 11.6. The van der Waals surface area contributed by atoms with E-state index in [4.69, 9.17) is 0 Å². The van der Waals surface area contributed by atoms with Crippen LogP contribution in [0.25, 0.3) is 0 Å². The minimum absolute atomic E-state index is 0.482. The Balaban J connectivity index is 1.84. The van der Waals surface area contributed by atoms with E-state index in [0.717, 1.165) is 44.5 Å². The van der Waals surface area contributed by atoms with Crippen LogP contribution in [0, 0.1) is 6.92 Å². The Morgan fingerprint density at radius 3 is 2.78 bits per heavy atom. The Labute approximate surface area is 109 Å². The average molecular weight is 251 g/mol. The van der Waals surface area contributed by atoms with Crippen LogP contribution in [-0.2, 0) is 13.1 Å². The molecule has 1 aromatic heterocycles. The third-order valence-electron chi connectivity index (χ3n) is 3.83. The summed E-state index contributed by atoms with van der Waals surface area (Å²) in [6.07, 6.45) is 5.45. The summed E-state index contributed by atoms with van der Waals surface area (Å²) in [5.74, 6) is 0. The molecule has 0 saturated heterocycles. The molecule has 0 spiro atoms. The van der Waals surface area contributed by atoms with Gasteiger partial charge in [-0.3, -0.25) is 4.68 Å². The van der Waals surface area contributed by atoms with Gasteiger partial charge >= 0.3 is 0 Å². The molecule has 0 unspecified atom stereocenters. The zero-order valence-electron chi connectivity index (χ0n) is 11.6. The van der Waals surface area contributed by atoms with Gasteiger partial charge in [0.1, 0.15) is 0 Å². The van der Waals surface area contributed by atoms with Crippen LogP contribution >= 0.6 is 0 Å². The van der Waals surface area contributed by atoms with Gasteiger partial charge in [0.25, 0.3) is 0 Å². The lowest BCUT2D eigenvalue weighted by molar-refractivity contribution is 0.00455. The first-order chi connectivity index (χ1) is 8.63. The van der Waals surface area contributed by atoms with Crippen LogP contribution in [0.15, 0.2) is 6.07 Å². The number of aliphatic hydroxyl groups is 1. The van der Waals surface area contributed by atoms with Crippen LogP contribution in [0.5, 0.6) is 0 Å². The normalized spacial score (nSPS) is 19.1. The van der Waals surface area contributed by atoms with E-state index in [9.17, 15) is 5.11 Å². The topological polar surface area (TPSA) is 50.1 Å². The minimum Gasteiger partial charge on any atom is -0.389 e. The van der Waals surface area contributed by atoms with Crippen molar-refractivity contribution in [2.45, 2.75) is 64.6 Å². The fourth-order valence-corrected chi connectivity index (χ4v) is 2.83. The van der Waals surface area contributed by atoms with E-state index in [0.29, 0.717) is 6.54 Å². The Morgan fingerprint density at radius 1 is 1.39 bits per heavy atom. The van der Waals surface area contributed by atoms with Gasteiger partial charge < -0.3 is 10.4 Å². The van der Waals surface area contributed by atoms with Crippen LogP contribution in [0.1, 0.15) is 50.4 Å². The van der Waals surface area contributed by atoms with E-state index in [-0.39, 0.29) is 0 Å². The first kappa shape index (κ1) is 13.6. The standard InChI is InChI=1S/C14H25N3O/c1-3-17-13(9-12(2)16-17)10-15-11-14(18)7-5-4-6-8-14/h9,15,18H,3-8,10-11H2,1-2H3. The summed E-state index contributed by atoms with van der Waals surface area (Å²) in [7, 11) is 0. The Morgan fingerprint density at radius 2 is 2.11 bits per heavy atom. The van der Waals surface area contributed by atoms with E-state index >= 15 is 0 Å². The zero-order chi connectivity index (χ0) is 13.0. The molecule has 1 aliphatic carbocycles. The summed E-state index contributed by atoms with van der Waals surface area (Å²) in [6.45, 7) is 6.50. The number of nitrogens with one attached hydrogen (secondary N) is 1. The SMILES string of the molecule is CCn1nc(C)cc1CNCC1(O)CCCCC1. The van der Waals surface area contributed by atoms with E-state index in [1.54, 1.807) is 0 Å². The first-order valence-electron chi connectivity index (χ1n) is 7.09. The van der Waals surface area contributed by atoms with Crippen LogP contribution in [0.2, 0.25) is 0 Å². The Hall–Kier alpha value is -0.870. The lowest BCUT2D eigenvalue weighted by Gasteiger charge is -2.32. The summed E-state index contributed by atoms with van der Waals surface area (Å²) < 4.78 is 2.02. The van der Waals surface area contributed by atoms with Crippen molar-refractivity contribution in [1.29, 1.82) is 0 Å². The molecule has 0 bridgehead atoms.